The Labute approximate surface area is 86.9 Å². The molecule has 76 valence electrons. The van der Waals surface area contributed by atoms with E-state index in [1.807, 2.05) is 6.20 Å². The zero-order chi connectivity index (χ0) is 10.1. The van der Waals surface area contributed by atoms with E-state index in [4.69, 9.17) is 5.73 Å². The van der Waals surface area contributed by atoms with Crippen molar-refractivity contribution in [1.29, 1.82) is 0 Å². The zero-order valence-corrected chi connectivity index (χ0v) is 8.83. The van der Waals surface area contributed by atoms with E-state index >= 15 is 0 Å². The number of aromatic nitrogens is 2. The minimum atomic E-state index is -0.291. The molecule has 0 saturated heterocycles. The molecule has 0 radical (unpaired) electrons. The van der Waals surface area contributed by atoms with Crippen molar-refractivity contribution in [2.75, 3.05) is 0 Å². The molecule has 0 aromatic carbocycles. The Morgan fingerprint density at radius 3 is 3.07 bits per heavy atom. The van der Waals surface area contributed by atoms with Crippen LogP contribution >= 0.6 is 11.8 Å². The lowest BCUT2D eigenvalue weighted by Gasteiger charge is -2.08. The third-order valence-corrected chi connectivity index (χ3v) is 3.37. The molecule has 0 bridgehead atoms. The summed E-state index contributed by atoms with van der Waals surface area (Å²) in [7, 11) is 0. The van der Waals surface area contributed by atoms with Gasteiger partial charge in [0.2, 0.25) is 5.91 Å². The molecule has 5 heteroatoms. The SMILES string of the molecule is CC(Sc1nccn1C1CC1)C(N)=O. The summed E-state index contributed by atoms with van der Waals surface area (Å²) in [6.45, 7) is 1.80. The van der Waals surface area contributed by atoms with Crippen molar-refractivity contribution in [3.63, 3.8) is 0 Å². The molecule has 1 atom stereocenters. The van der Waals surface area contributed by atoms with E-state index < -0.39 is 0 Å². The van der Waals surface area contributed by atoms with Gasteiger partial charge in [-0.2, -0.15) is 0 Å². The minimum absolute atomic E-state index is 0.213. The average Bonchev–Trinajstić information content (AvgIpc) is 2.88. The molecule has 0 aliphatic heterocycles. The number of nitrogens with zero attached hydrogens (tertiary/aromatic N) is 2. The first kappa shape index (κ1) is 9.58. The molecule has 2 N–H and O–H groups in total. The van der Waals surface area contributed by atoms with Crippen molar-refractivity contribution in [2.24, 2.45) is 5.73 Å². The number of hydrogen-bond donors (Lipinski definition) is 1. The van der Waals surface area contributed by atoms with Crippen LogP contribution in [0.1, 0.15) is 25.8 Å². The quantitative estimate of drug-likeness (QED) is 0.761. The highest BCUT2D eigenvalue weighted by atomic mass is 32.2. The van der Waals surface area contributed by atoms with Crippen molar-refractivity contribution in [1.82, 2.24) is 9.55 Å². The van der Waals surface area contributed by atoms with Crippen molar-refractivity contribution in [2.45, 2.75) is 36.2 Å². The fourth-order valence-electron chi connectivity index (χ4n) is 1.24. The Balaban J connectivity index is 2.08. The predicted octanol–water partition coefficient (Wildman–Crippen LogP) is 1.18. The van der Waals surface area contributed by atoms with Gasteiger partial charge in [0.15, 0.2) is 5.16 Å². The van der Waals surface area contributed by atoms with Crippen LogP contribution in [-0.4, -0.2) is 20.7 Å². The second kappa shape index (κ2) is 3.65. The van der Waals surface area contributed by atoms with Gasteiger partial charge in [-0.15, -0.1) is 0 Å². The van der Waals surface area contributed by atoms with Crippen LogP contribution in [0.2, 0.25) is 0 Å². The van der Waals surface area contributed by atoms with E-state index in [2.05, 4.69) is 9.55 Å². The average molecular weight is 211 g/mol. The van der Waals surface area contributed by atoms with Gasteiger partial charge in [0.05, 0.1) is 5.25 Å². The molecular formula is C9H13N3OS. The molecule has 14 heavy (non-hydrogen) atoms. The highest BCUT2D eigenvalue weighted by Crippen LogP contribution is 2.38. The molecule has 2 rings (SSSR count). The Morgan fingerprint density at radius 2 is 2.50 bits per heavy atom. The van der Waals surface area contributed by atoms with E-state index in [1.165, 1.54) is 24.6 Å². The summed E-state index contributed by atoms with van der Waals surface area (Å²) in [6, 6.07) is 0.597. The maximum atomic E-state index is 10.9. The molecule has 1 aromatic heterocycles. The van der Waals surface area contributed by atoms with Gasteiger partial charge in [-0.3, -0.25) is 4.79 Å². The fraction of sp³-hybridized carbons (Fsp3) is 0.556. The minimum Gasteiger partial charge on any atom is -0.369 e. The van der Waals surface area contributed by atoms with Gasteiger partial charge in [0, 0.05) is 18.4 Å². The van der Waals surface area contributed by atoms with Crippen LogP contribution in [0, 0.1) is 0 Å². The largest absolute Gasteiger partial charge is 0.369 e. The summed E-state index contributed by atoms with van der Waals surface area (Å²) in [6.07, 6.45) is 6.17. The number of imidazole rings is 1. The molecule has 1 amide bonds. The second-order valence-electron chi connectivity index (χ2n) is 3.51. The molecule has 1 saturated carbocycles. The third-order valence-electron chi connectivity index (χ3n) is 2.26. The van der Waals surface area contributed by atoms with E-state index in [-0.39, 0.29) is 11.2 Å². The van der Waals surface area contributed by atoms with Crippen LogP contribution in [0.15, 0.2) is 17.6 Å². The van der Waals surface area contributed by atoms with E-state index in [9.17, 15) is 4.79 Å². The number of carbonyl (C=O) groups is 1. The summed E-state index contributed by atoms with van der Waals surface area (Å²) in [5.41, 5.74) is 5.20. The molecule has 1 fully saturated rings. The molecular weight excluding hydrogens is 198 g/mol. The van der Waals surface area contributed by atoms with Crippen molar-refractivity contribution >= 4 is 17.7 Å². The maximum Gasteiger partial charge on any atom is 0.230 e. The van der Waals surface area contributed by atoms with Crippen LogP contribution in [0.3, 0.4) is 0 Å². The molecule has 1 aliphatic rings. The number of amides is 1. The van der Waals surface area contributed by atoms with Crippen LogP contribution in [0.25, 0.3) is 0 Å². The summed E-state index contributed by atoms with van der Waals surface area (Å²) in [5.74, 6) is -0.291. The molecule has 1 heterocycles. The molecule has 1 aromatic rings. The summed E-state index contributed by atoms with van der Waals surface area (Å²) in [4.78, 5) is 15.1. The topological polar surface area (TPSA) is 60.9 Å². The number of primary amides is 1. The van der Waals surface area contributed by atoms with E-state index in [0.29, 0.717) is 6.04 Å². The normalized spacial score (nSPS) is 18.1. The zero-order valence-electron chi connectivity index (χ0n) is 8.01. The van der Waals surface area contributed by atoms with Gasteiger partial charge in [-0.05, 0) is 19.8 Å². The van der Waals surface area contributed by atoms with Crippen LogP contribution in [-0.2, 0) is 4.79 Å². The highest BCUT2D eigenvalue weighted by molar-refractivity contribution is 8.00. The summed E-state index contributed by atoms with van der Waals surface area (Å²) in [5, 5.41) is 0.689. The molecule has 0 spiro atoms. The first-order valence-corrected chi connectivity index (χ1v) is 5.55. The molecule has 1 aliphatic carbocycles. The number of hydrogen-bond acceptors (Lipinski definition) is 3. The van der Waals surface area contributed by atoms with E-state index in [0.717, 1.165) is 5.16 Å². The maximum absolute atomic E-state index is 10.9. The highest BCUT2D eigenvalue weighted by Gasteiger charge is 2.26. The van der Waals surface area contributed by atoms with Crippen LogP contribution in [0.5, 0.6) is 0 Å². The fourth-order valence-corrected chi connectivity index (χ4v) is 2.12. The Hall–Kier alpha value is -0.970. The third kappa shape index (κ3) is 1.92. The van der Waals surface area contributed by atoms with Crippen LogP contribution < -0.4 is 5.73 Å². The lowest BCUT2D eigenvalue weighted by atomic mass is 10.5. The first-order valence-electron chi connectivity index (χ1n) is 4.67. The second-order valence-corrected chi connectivity index (χ2v) is 4.82. The van der Waals surface area contributed by atoms with Gasteiger partial charge < -0.3 is 10.3 Å². The van der Waals surface area contributed by atoms with Gasteiger partial charge in [0.1, 0.15) is 0 Å². The van der Waals surface area contributed by atoms with Crippen molar-refractivity contribution in [3.05, 3.63) is 12.4 Å². The monoisotopic (exact) mass is 211 g/mol. The van der Waals surface area contributed by atoms with Gasteiger partial charge in [-0.25, -0.2) is 4.98 Å². The lowest BCUT2D eigenvalue weighted by Crippen LogP contribution is -2.23. The number of carbonyl (C=O) groups excluding carboxylic acids is 1. The Bertz CT molecular complexity index is 346. The van der Waals surface area contributed by atoms with Gasteiger partial charge >= 0.3 is 0 Å². The Morgan fingerprint density at radius 1 is 1.79 bits per heavy atom. The van der Waals surface area contributed by atoms with Crippen LogP contribution in [0.4, 0.5) is 0 Å². The lowest BCUT2D eigenvalue weighted by molar-refractivity contribution is -0.117. The standard InChI is InChI=1S/C9H13N3OS/c1-6(8(10)13)14-9-11-4-5-12(9)7-2-3-7/h4-7H,2-3H2,1H3,(H2,10,13). The predicted molar refractivity (Wildman–Crippen MR) is 55.0 cm³/mol. The Kier molecular flexibility index (Phi) is 2.50. The molecule has 4 nitrogen and oxygen atoms in total. The van der Waals surface area contributed by atoms with E-state index in [1.54, 1.807) is 13.1 Å². The van der Waals surface area contributed by atoms with Crippen molar-refractivity contribution < 1.29 is 4.79 Å². The number of thioether (sulfide) groups is 1. The first-order chi connectivity index (χ1) is 6.68. The smallest absolute Gasteiger partial charge is 0.230 e. The van der Waals surface area contributed by atoms with Gasteiger partial charge in [0.25, 0.3) is 0 Å². The summed E-state index contributed by atoms with van der Waals surface area (Å²) >= 11 is 1.43. The number of rotatable bonds is 4. The van der Waals surface area contributed by atoms with Crippen molar-refractivity contribution in [3.8, 4) is 0 Å². The number of nitrogens with two attached hydrogens (primary N) is 1. The molecule has 1 unspecified atom stereocenters. The summed E-state index contributed by atoms with van der Waals surface area (Å²) < 4.78 is 2.13. The van der Waals surface area contributed by atoms with Gasteiger partial charge in [-0.1, -0.05) is 11.8 Å².